The van der Waals surface area contributed by atoms with Crippen LogP contribution in [-0.4, -0.2) is 28.9 Å². The fourth-order valence-electron chi connectivity index (χ4n) is 2.35. The van der Waals surface area contributed by atoms with Crippen LogP contribution in [0, 0.1) is 12.8 Å². The molecule has 2 atom stereocenters. The van der Waals surface area contributed by atoms with Gasteiger partial charge in [0.15, 0.2) is 0 Å². The largest absolute Gasteiger partial charge is 0.340 e. The van der Waals surface area contributed by atoms with Crippen LogP contribution in [0.2, 0.25) is 0 Å². The fourth-order valence-corrected chi connectivity index (χ4v) is 3.18. The van der Waals surface area contributed by atoms with E-state index in [-0.39, 0.29) is 17.9 Å². The van der Waals surface area contributed by atoms with Gasteiger partial charge in [0.05, 0.1) is 23.7 Å². The molecule has 1 amide bonds. The number of amides is 1. The Balaban J connectivity index is 1.98. The summed E-state index contributed by atoms with van der Waals surface area (Å²) in [6.45, 7) is 2.63. The van der Waals surface area contributed by atoms with Crippen molar-refractivity contribution in [2.45, 2.75) is 38.8 Å². The van der Waals surface area contributed by atoms with Gasteiger partial charge in [-0.2, -0.15) is 0 Å². The molecule has 1 aromatic rings. The zero-order chi connectivity index (χ0) is 12.4. The smallest absolute Gasteiger partial charge is 0.227 e. The SMILES string of the molecule is Cc1ncsc1CN(C)C(=O)[C@@H]1CCC[C@H]1N. The molecule has 0 radical (unpaired) electrons. The Morgan fingerprint density at radius 1 is 1.65 bits per heavy atom. The average molecular weight is 253 g/mol. The summed E-state index contributed by atoms with van der Waals surface area (Å²) < 4.78 is 0. The summed E-state index contributed by atoms with van der Waals surface area (Å²) in [5.74, 6) is 0.205. The van der Waals surface area contributed by atoms with E-state index in [1.165, 1.54) is 0 Å². The molecule has 0 saturated heterocycles. The van der Waals surface area contributed by atoms with Gasteiger partial charge in [0.25, 0.3) is 0 Å². The molecule has 17 heavy (non-hydrogen) atoms. The molecule has 94 valence electrons. The summed E-state index contributed by atoms with van der Waals surface area (Å²) in [6, 6.07) is 0.0486. The number of thiazole rings is 1. The number of nitrogens with zero attached hydrogens (tertiary/aromatic N) is 2. The molecule has 1 heterocycles. The first-order chi connectivity index (χ1) is 8.09. The van der Waals surface area contributed by atoms with Gasteiger partial charge in [-0.25, -0.2) is 4.98 Å². The molecule has 0 spiro atoms. The Bertz CT molecular complexity index is 404. The number of rotatable bonds is 3. The summed E-state index contributed by atoms with van der Waals surface area (Å²) in [4.78, 5) is 19.4. The van der Waals surface area contributed by atoms with Crippen LogP contribution in [0.5, 0.6) is 0 Å². The molecule has 1 fully saturated rings. The van der Waals surface area contributed by atoms with Crippen molar-refractivity contribution in [3.8, 4) is 0 Å². The van der Waals surface area contributed by atoms with E-state index in [1.54, 1.807) is 16.2 Å². The minimum absolute atomic E-state index is 0.0215. The predicted molar refractivity (Wildman–Crippen MR) is 68.6 cm³/mol. The van der Waals surface area contributed by atoms with Crippen molar-refractivity contribution in [3.05, 3.63) is 16.1 Å². The zero-order valence-electron chi connectivity index (χ0n) is 10.3. The zero-order valence-corrected chi connectivity index (χ0v) is 11.2. The first kappa shape index (κ1) is 12.5. The second-order valence-corrected chi connectivity index (χ2v) is 5.70. The highest BCUT2D eigenvalue weighted by molar-refractivity contribution is 7.09. The lowest BCUT2D eigenvalue weighted by Crippen LogP contribution is -2.39. The summed E-state index contributed by atoms with van der Waals surface area (Å²) in [7, 11) is 1.85. The topological polar surface area (TPSA) is 59.2 Å². The molecule has 1 aliphatic carbocycles. The van der Waals surface area contributed by atoms with Crippen LogP contribution in [0.4, 0.5) is 0 Å². The highest BCUT2D eigenvalue weighted by Crippen LogP contribution is 2.26. The maximum atomic E-state index is 12.2. The molecule has 0 aromatic carbocycles. The monoisotopic (exact) mass is 253 g/mol. The lowest BCUT2D eigenvalue weighted by atomic mass is 10.0. The standard InChI is InChI=1S/C12H19N3OS/c1-8-11(17-7-14-8)6-15(2)12(16)9-4-3-5-10(9)13/h7,9-10H,3-6,13H2,1-2H3/t9-,10-/m1/s1. The van der Waals surface area contributed by atoms with Crippen molar-refractivity contribution in [2.24, 2.45) is 11.7 Å². The number of aromatic nitrogens is 1. The molecule has 1 aromatic heterocycles. The normalized spacial score (nSPS) is 23.9. The summed E-state index contributed by atoms with van der Waals surface area (Å²) >= 11 is 1.60. The number of carbonyl (C=O) groups is 1. The van der Waals surface area contributed by atoms with Crippen molar-refractivity contribution in [1.82, 2.24) is 9.88 Å². The number of hydrogen-bond acceptors (Lipinski definition) is 4. The fraction of sp³-hybridized carbons (Fsp3) is 0.667. The van der Waals surface area contributed by atoms with Crippen molar-refractivity contribution >= 4 is 17.2 Å². The quantitative estimate of drug-likeness (QED) is 0.889. The predicted octanol–water partition coefficient (Wildman–Crippen LogP) is 1.54. The maximum absolute atomic E-state index is 12.2. The molecule has 1 saturated carbocycles. The molecule has 1 aliphatic rings. The van der Waals surface area contributed by atoms with Gasteiger partial charge in [-0.1, -0.05) is 6.42 Å². The van der Waals surface area contributed by atoms with E-state index in [1.807, 2.05) is 19.5 Å². The van der Waals surface area contributed by atoms with Crippen molar-refractivity contribution in [2.75, 3.05) is 7.05 Å². The Labute approximate surface area is 106 Å². The van der Waals surface area contributed by atoms with Gasteiger partial charge in [-0.15, -0.1) is 11.3 Å². The average Bonchev–Trinajstić information content (AvgIpc) is 2.88. The molecule has 0 aliphatic heterocycles. The first-order valence-corrected chi connectivity index (χ1v) is 6.87. The number of carbonyl (C=O) groups excluding carboxylic acids is 1. The van der Waals surface area contributed by atoms with E-state index in [0.29, 0.717) is 6.54 Å². The summed E-state index contributed by atoms with van der Waals surface area (Å²) in [5, 5.41) is 0. The van der Waals surface area contributed by atoms with E-state index >= 15 is 0 Å². The van der Waals surface area contributed by atoms with Gasteiger partial charge in [-0.3, -0.25) is 4.79 Å². The minimum Gasteiger partial charge on any atom is -0.340 e. The molecular weight excluding hydrogens is 234 g/mol. The van der Waals surface area contributed by atoms with E-state index in [0.717, 1.165) is 29.8 Å². The highest BCUT2D eigenvalue weighted by Gasteiger charge is 2.32. The van der Waals surface area contributed by atoms with Gasteiger partial charge in [0.2, 0.25) is 5.91 Å². The van der Waals surface area contributed by atoms with E-state index in [9.17, 15) is 4.79 Å². The Morgan fingerprint density at radius 3 is 2.94 bits per heavy atom. The van der Waals surface area contributed by atoms with Gasteiger partial charge in [0, 0.05) is 18.0 Å². The summed E-state index contributed by atoms with van der Waals surface area (Å²) in [6.07, 6.45) is 2.99. The molecule has 5 heteroatoms. The molecule has 2 N–H and O–H groups in total. The number of nitrogens with two attached hydrogens (primary N) is 1. The minimum atomic E-state index is 0.0215. The summed E-state index contributed by atoms with van der Waals surface area (Å²) in [5.41, 5.74) is 8.81. The van der Waals surface area contributed by atoms with E-state index < -0.39 is 0 Å². The van der Waals surface area contributed by atoms with Crippen LogP contribution in [-0.2, 0) is 11.3 Å². The van der Waals surface area contributed by atoms with Crippen LogP contribution < -0.4 is 5.73 Å². The van der Waals surface area contributed by atoms with Crippen LogP contribution in [0.25, 0.3) is 0 Å². The Kier molecular flexibility index (Phi) is 3.79. The van der Waals surface area contributed by atoms with Crippen molar-refractivity contribution in [1.29, 1.82) is 0 Å². The third kappa shape index (κ3) is 2.66. The molecule has 4 nitrogen and oxygen atoms in total. The second-order valence-electron chi connectivity index (χ2n) is 4.76. The second kappa shape index (κ2) is 5.14. The van der Waals surface area contributed by atoms with Gasteiger partial charge >= 0.3 is 0 Å². The van der Waals surface area contributed by atoms with Crippen molar-refractivity contribution < 1.29 is 4.79 Å². The lowest BCUT2D eigenvalue weighted by Gasteiger charge is -2.23. The van der Waals surface area contributed by atoms with Gasteiger partial charge in [-0.05, 0) is 19.8 Å². The third-order valence-corrected chi connectivity index (χ3v) is 4.41. The third-order valence-electron chi connectivity index (χ3n) is 3.49. The molecular formula is C12H19N3OS. The Morgan fingerprint density at radius 2 is 2.41 bits per heavy atom. The number of aryl methyl sites for hydroxylation is 1. The molecule has 0 unspecified atom stereocenters. The van der Waals surface area contributed by atoms with Crippen LogP contribution in [0.15, 0.2) is 5.51 Å². The van der Waals surface area contributed by atoms with Crippen LogP contribution >= 0.6 is 11.3 Å². The maximum Gasteiger partial charge on any atom is 0.227 e. The van der Waals surface area contributed by atoms with Gasteiger partial charge in [0.1, 0.15) is 0 Å². The van der Waals surface area contributed by atoms with Crippen LogP contribution in [0.3, 0.4) is 0 Å². The van der Waals surface area contributed by atoms with E-state index in [4.69, 9.17) is 5.73 Å². The molecule has 0 bridgehead atoms. The number of hydrogen-bond donors (Lipinski definition) is 1. The highest BCUT2D eigenvalue weighted by atomic mass is 32.1. The first-order valence-electron chi connectivity index (χ1n) is 5.99. The molecule has 2 rings (SSSR count). The van der Waals surface area contributed by atoms with Crippen LogP contribution in [0.1, 0.15) is 29.8 Å². The Hall–Kier alpha value is -0.940. The van der Waals surface area contributed by atoms with Gasteiger partial charge < -0.3 is 10.6 Å². The van der Waals surface area contributed by atoms with E-state index in [2.05, 4.69) is 4.98 Å². The lowest BCUT2D eigenvalue weighted by molar-refractivity contribution is -0.134. The van der Waals surface area contributed by atoms with Crippen molar-refractivity contribution in [3.63, 3.8) is 0 Å².